The van der Waals surface area contributed by atoms with Crippen molar-refractivity contribution in [1.29, 1.82) is 0 Å². The van der Waals surface area contributed by atoms with Crippen LogP contribution in [0.1, 0.15) is 24.1 Å². The molecule has 4 nitrogen and oxygen atoms in total. The van der Waals surface area contributed by atoms with Gasteiger partial charge in [-0.15, -0.1) is 6.58 Å². The molecule has 4 heteroatoms. The molecule has 1 aromatic rings. The summed E-state index contributed by atoms with van der Waals surface area (Å²) in [5.74, 6) is 0.540. The third kappa shape index (κ3) is 4.22. The summed E-state index contributed by atoms with van der Waals surface area (Å²) in [6.45, 7) is 7.84. The van der Waals surface area contributed by atoms with E-state index < -0.39 is 0 Å². The molecule has 1 amide bonds. The van der Waals surface area contributed by atoms with E-state index in [1.54, 1.807) is 6.08 Å². The van der Waals surface area contributed by atoms with E-state index in [4.69, 9.17) is 10.5 Å². The third-order valence-corrected chi connectivity index (χ3v) is 2.53. The largest absolute Gasteiger partial charge is 0.484 e. The number of rotatable bonds is 6. The minimum Gasteiger partial charge on any atom is -0.484 e. The highest BCUT2D eigenvalue weighted by atomic mass is 16.5. The topological polar surface area (TPSA) is 64.3 Å². The van der Waals surface area contributed by atoms with Gasteiger partial charge < -0.3 is 15.8 Å². The molecule has 0 bridgehead atoms. The molecule has 1 atom stereocenters. The maximum atomic E-state index is 11.4. The van der Waals surface area contributed by atoms with Gasteiger partial charge in [0.25, 0.3) is 5.91 Å². The fourth-order valence-corrected chi connectivity index (χ4v) is 1.50. The number of aryl methyl sites for hydroxylation is 1. The number of nitrogens with two attached hydrogens (primary N) is 1. The van der Waals surface area contributed by atoms with Crippen molar-refractivity contribution in [3.8, 4) is 5.75 Å². The van der Waals surface area contributed by atoms with Crippen molar-refractivity contribution in [3.63, 3.8) is 0 Å². The molecule has 0 aliphatic rings. The quantitative estimate of drug-likeness (QED) is 0.753. The summed E-state index contributed by atoms with van der Waals surface area (Å²) in [5.41, 5.74) is 7.82. The molecule has 0 fully saturated rings. The van der Waals surface area contributed by atoms with Crippen molar-refractivity contribution >= 4 is 5.91 Å². The van der Waals surface area contributed by atoms with Gasteiger partial charge in [0, 0.05) is 12.6 Å². The molecule has 0 heterocycles. The predicted octanol–water partition coefficient (Wildman–Crippen LogP) is 1.70. The van der Waals surface area contributed by atoms with E-state index in [0.717, 1.165) is 11.1 Å². The lowest BCUT2D eigenvalue weighted by Crippen LogP contribution is -2.28. The summed E-state index contributed by atoms with van der Waals surface area (Å²) in [5, 5.41) is 2.65. The molecule has 1 aromatic carbocycles. The maximum Gasteiger partial charge on any atom is 0.258 e. The van der Waals surface area contributed by atoms with E-state index in [2.05, 4.69) is 11.9 Å². The van der Waals surface area contributed by atoms with Gasteiger partial charge in [-0.05, 0) is 31.0 Å². The Hall–Kier alpha value is -1.81. The lowest BCUT2D eigenvalue weighted by Gasteiger charge is -2.12. The number of ether oxygens (including phenoxy) is 1. The molecular formula is C14H20N2O2. The van der Waals surface area contributed by atoms with Gasteiger partial charge in [0.2, 0.25) is 0 Å². The summed E-state index contributed by atoms with van der Waals surface area (Å²) >= 11 is 0. The van der Waals surface area contributed by atoms with Crippen LogP contribution in [0.3, 0.4) is 0 Å². The standard InChI is InChI=1S/C14H20N2O2/c1-4-7-16-14(17)9-18-13-6-5-12(11(3)15)8-10(13)2/h4-6,8,11H,1,7,9,15H2,2-3H3,(H,16,17). The van der Waals surface area contributed by atoms with Crippen LogP contribution in [-0.4, -0.2) is 19.1 Å². The second kappa shape index (κ2) is 6.81. The highest BCUT2D eigenvalue weighted by Gasteiger charge is 2.06. The molecule has 3 N–H and O–H groups in total. The Labute approximate surface area is 108 Å². The van der Waals surface area contributed by atoms with Gasteiger partial charge in [-0.3, -0.25) is 4.79 Å². The van der Waals surface area contributed by atoms with Crippen LogP contribution < -0.4 is 15.8 Å². The summed E-state index contributed by atoms with van der Waals surface area (Å²) in [6, 6.07) is 5.72. The zero-order chi connectivity index (χ0) is 13.5. The number of carbonyl (C=O) groups is 1. The summed E-state index contributed by atoms with van der Waals surface area (Å²) < 4.78 is 5.44. The van der Waals surface area contributed by atoms with Crippen LogP contribution in [-0.2, 0) is 4.79 Å². The minimum atomic E-state index is -0.162. The highest BCUT2D eigenvalue weighted by molar-refractivity contribution is 5.77. The third-order valence-electron chi connectivity index (χ3n) is 2.53. The molecule has 0 saturated carbocycles. The number of benzene rings is 1. The maximum absolute atomic E-state index is 11.4. The van der Waals surface area contributed by atoms with Crippen molar-refractivity contribution in [3.05, 3.63) is 42.0 Å². The van der Waals surface area contributed by atoms with Crippen LogP contribution in [0, 0.1) is 6.92 Å². The van der Waals surface area contributed by atoms with E-state index in [-0.39, 0.29) is 18.6 Å². The van der Waals surface area contributed by atoms with Gasteiger partial charge in [0.1, 0.15) is 5.75 Å². The Kier molecular flexibility index (Phi) is 5.39. The van der Waals surface area contributed by atoms with Crippen LogP contribution in [0.5, 0.6) is 5.75 Å². The Bertz CT molecular complexity index is 428. The highest BCUT2D eigenvalue weighted by Crippen LogP contribution is 2.21. The number of hydrogen-bond acceptors (Lipinski definition) is 3. The van der Waals surface area contributed by atoms with Crippen LogP contribution in [0.4, 0.5) is 0 Å². The van der Waals surface area contributed by atoms with Gasteiger partial charge in [-0.1, -0.05) is 18.2 Å². The zero-order valence-corrected chi connectivity index (χ0v) is 10.9. The SMILES string of the molecule is C=CCNC(=O)COc1ccc(C(C)N)cc1C. The van der Waals surface area contributed by atoms with Gasteiger partial charge in [-0.25, -0.2) is 0 Å². The first kappa shape index (κ1) is 14.3. The molecule has 1 rings (SSSR count). The molecule has 0 radical (unpaired) electrons. The van der Waals surface area contributed by atoms with Crippen LogP contribution in [0.15, 0.2) is 30.9 Å². The molecule has 0 saturated heterocycles. The van der Waals surface area contributed by atoms with Crippen molar-refractivity contribution in [1.82, 2.24) is 5.32 Å². The Balaban J connectivity index is 2.57. The summed E-state index contributed by atoms with van der Waals surface area (Å²) in [7, 11) is 0. The van der Waals surface area contributed by atoms with Crippen LogP contribution in [0.25, 0.3) is 0 Å². The molecule has 0 aliphatic heterocycles. The fourth-order valence-electron chi connectivity index (χ4n) is 1.50. The van der Waals surface area contributed by atoms with E-state index in [1.807, 2.05) is 32.0 Å². The number of hydrogen-bond donors (Lipinski definition) is 2. The Morgan fingerprint density at radius 2 is 2.33 bits per heavy atom. The first-order chi connectivity index (χ1) is 8.54. The van der Waals surface area contributed by atoms with E-state index >= 15 is 0 Å². The lowest BCUT2D eigenvalue weighted by atomic mass is 10.1. The average molecular weight is 248 g/mol. The minimum absolute atomic E-state index is 0.00589. The van der Waals surface area contributed by atoms with Crippen LogP contribution >= 0.6 is 0 Å². The van der Waals surface area contributed by atoms with Crippen molar-refractivity contribution < 1.29 is 9.53 Å². The average Bonchev–Trinajstić information content (AvgIpc) is 2.34. The van der Waals surface area contributed by atoms with Crippen LogP contribution in [0.2, 0.25) is 0 Å². The predicted molar refractivity (Wildman–Crippen MR) is 72.5 cm³/mol. The van der Waals surface area contributed by atoms with Gasteiger partial charge in [0.15, 0.2) is 6.61 Å². The van der Waals surface area contributed by atoms with Crippen molar-refractivity contribution in [2.75, 3.05) is 13.2 Å². The molecular weight excluding hydrogens is 228 g/mol. The van der Waals surface area contributed by atoms with E-state index in [9.17, 15) is 4.79 Å². The number of amides is 1. The van der Waals surface area contributed by atoms with Crippen molar-refractivity contribution in [2.45, 2.75) is 19.9 Å². The number of nitrogens with one attached hydrogen (secondary N) is 1. The molecule has 0 aliphatic carbocycles. The smallest absolute Gasteiger partial charge is 0.258 e. The first-order valence-corrected chi connectivity index (χ1v) is 5.91. The molecule has 0 spiro atoms. The molecule has 1 unspecified atom stereocenters. The Morgan fingerprint density at radius 3 is 2.89 bits per heavy atom. The van der Waals surface area contributed by atoms with E-state index in [0.29, 0.717) is 12.3 Å². The molecule has 0 aromatic heterocycles. The van der Waals surface area contributed by atoms with E-state index in [1.165, 1.54) is 0 Å². The Morgan fingerprint density at radius 1 is 1.61 bits per heavy atom. The normalized spacial score (nSPS) is 11.7. The second-order valence-electron chi connectivity index (χ2n) is 4.20. The van der Waals surface area contributed by atoms with Crippen molar-refractivity contribution in [2.24, 2.45) is 5.73 Å². The molecule has 18 heavy (non-hydrogen) atoms. The fraction of sp³-hybridized carbons (Fsp3) is 0.357. The summed E-state index contributed by atoms with van der Waals surface area (Å²) in [4.78, 5) is 11.4. The number of carbonyl (C=O) groups excluding carboxylic acids is 1. The monoisotopic (exact) mass is 248 g/mol. The lowest BCUT2D eigenvalue weighted by molar-refractivity contribution is -0.122. The van der Waals surface area contributed by atoms with Gasteiger partial charge >= 0.3 is 0 Å². The van der Waals surface area contributed by atoms with Gasteiger partial charge in [0.05, 0.1) is 0 Å². The van der Waals surface area contributed by atoms with Gasteiger partial charge in [-0.2, -0.15) is 0 Å². The zero-order valence-electron chi connectivity index (χ0n) is 10.9. The summed E-state index contributed by atoms with van der Waals surface area (Å²) in [6.07, 6.45) is 1.63. The molecule has 98 valence electrons. The second-order valence-corrected chi connectivity index (χ2v) is 4.20. The first-order valence-electron chi connectivity index (χ1n) is 5.91.